The van der Waals surface area contributed by atoms with Gasteiger partial charge < -0.3 is 18.9 Å². The topological polar surface area (TPSA) is 105 Å². The third-order valence-corrected chi connectivity index (χ3v) is 10.6. The molecule has 4 rings (SSSR count). The second-order valence-electron chi connectivity index (χ2n) is 12.4. The fourth-order valence-electron chi connectivity index (χ4n) is 5.71. The van der Waals surface area contributed by atoms with Crippen molar-refractivity contribution >= 4 is 93.5 Å². The number of rotatable bonds is 8. The first-order valence-corrected chi connectivity index (χ1v) is 17.0. The predicted octanol–water partition coefficient (Wildman–Crippen LogP) is 10.4. The van der Waals surface area contributed by atoms with E-state index in [2.05, 4.69) is 0 Å². The summed E-state index contributed by atoms with van der Waals surface area (Å²) in [5.74, 6) is -6.33. The average molecular weight is 757 g/mol. The molecule has 0 atom stereocenters. The van der Waals surface area contributed by atoms with Crippen LogP contribution < -0.4 is 9.47 Å². The lowest BCUT2D eigenvalue weighted by atomic mass is 9.76. The summed E-state index contributed by atoms with van der Waals surface area (Å²) in [6.45, 7) is 4.18. The molecule has 0 N–H and O–H groups in total. The lowest BCUT2D eigenvalue weighted by Gasteiger charge is -2.32. The average Bonchev–Trinajstić information content (AvgIpc) is 3.01. The van der Waals surface area contributed by atoms with Crippen molar-refractivity contribution in [3.05, 3.63) is 53.4 Å². The van der Waals surface area contributed by atoms with Crippen LogP contribution in [0.3, 0.4) is 0 Å². The van der Waals surface area contributed by atoms with Gasteiger partial charge in [-0.3, -0.25) is 0 Å². The van der Waals surface area contributed by atoms with Gasteiger partial charge in [0, 0.05) is 10.8 Å². The van der Waals surface area contributed by atoms with Crippen LogP contribution >= 0.6 is 69.6 Å². The first-order chi connectivity index (χ1) is 21.6. The molecule has 0 unspecified atom stereocenters. The van der Waals surface area contributed by atoms with Gasteiger partial charge in [0.05, 0.1) is 43.3 Å². The Morgan fingerprint density at radius 2 is 0.891 bits per heavy atom. The summed E-state index contributed by atoms with van der Waals surface area (Å²) in [5, 5.41) is -1.44. The van der Waals surface area contributed by atoms with Crippen LogP contribution in [-0.4, -0.2) is 37.1 Å². The van der Waals surface area contributed by atoms with Crippen LogP contribution in [0, 0.1) is 10.8 Å². The van der Waals surface area contributed by atoms with Crippen molar-refractivity contribution in [2.75, 3.05) is 13.2 Å². The Hall–Kier alpha value is -1.94. The number of ether oxygens (including phenoxy) is 4. The molecule has 2 saturated carbocycles. The minimum absolute atomic E-state index is 0.0789. The zero-order valence-electron chi connectivity index (χ0n) is 25.2. The molecule has 0 saturated heterocycles. The van der Waals surface area contributed by atoms with Crippen LogP contribution in [-0.2, 0) is 19.1 Å². The highest BCUT2D eigenvalue weighted by Gasteiger charge is 2.35. The maximum atomic E-state index is 13.2. The molecule has 0 heterocycles. The van der Waals surface area contributed by atoms with Crippen LogP contribution in [0.5, 0.6) is 11.5 Å². The van der Waals surface area contributed by atoms with Crippen LogP contribution in [0.25, 0.3) is 0 Å². The van der Waals surface area contributed by atoms with Gasteiger partial charge in [-0.15, -0.1) is 0 Å². The second kappa shape index (κ2) is 15.5. The van der Waals surface area contributed by atoms with Crippen LogP contribution in [0.15, 0.2) is 12.1 Å². The molecule has 14 heteroatoms. The van der Waals surface area contributed by atoms with Crippen LogP contribution in [0.2, 0.25) is 30.1 Å². The first kappa shape index (κ1) is 36.9. The summed E-state index contributed by atoms with van der Waals surface area (Å²) >= 11 is 37.5. The fraction of sp³-hybridized carbons (Fsp3) is 0.500. The summed E-state index contributed by atoms with van der Waals surface area (Å²) in [6.07, 6.45) is 9.68. The fourth-order valence-corrected chi connectivity index (χ4v) is 7.15. The Bertz CT molecular complexity index is 1420. The Morgan fingerprint density at radius 1 is 0.565 bits per heavy atom. The molecule has 2 aromatic rings. The Kier molecular flexibility index (Phi) is 12.4. The van der Waals surface area contributed by atoms with E-state index in [4.69, 9.17) is 88.6 Å². The molecule has 8 nitrogen and oxygen atoms in total. The highest BCUT2D eigenvalue weighted by molar-refractivity contribution is 6.47. The Balaban J connectivity index is 1.55. The van der Waals surface area contributed by atoms with E-state index in [9.17, 15) is 19.2 Å². The van der Waals surface area contributed by atoms with E-state index in [0.29, 0.717) is 0 Å². The highest BCUT2D eigenvalue weighted by Crippen LogP contribution is 2.43. The summed E-state index contributed by atoms with van der Waals surface area (Å²) in [5.41, 5.74) is -1.38. The summed E-state index contributed by atoms with van der Waals surface area (Å²) in [7, 11) is 0. The van der Waals surface area contributed by atoms with E-state index in [1.807, 2.05) is 13.8 Å². The Morgan fingerprint density at radius 3 is 1.22 bits per heavy atom. The van der Waals surface area contributed by atoms with Crippen molar-refractivity contribution in [2.45, 2.75) is 78.1 Å². The lowest BCUT2D eigenvalue weighted by molar-refractivity contribution is -0.156. The SMILES string of the molecule is CC1(COC(=O)c2c(Cl)c(Cl)cc(Cl)c2OC(=O)C(=O)Oc2c(Cl)cc(Cl)c(Cl)c2C(=O)OCC2(C)CCCCC2)CCCCC1. The van der Waals surface area contributed by atoms with E-state index in [0.717, 1.165) is 76.3 Å². The molecule has 2 aliphatic carbocycles. The minimum Gasteiger partial charge on any atom is -0.461 e. The zero-order valence-corrected chi connectivity index (χ0v) is 29.7. The standard InChI is InChI=1S/C32H32Cl6O8/c1-31(9-5-3-6-10-31)15-43-27(39)21-23(37)17(33)13-19(35)25(21)45-29(41)30(42)46-26-20(36)14-18(34)24(38)22(26)28(40)44-16-32(2)11-7-4-8-12-32/h13-14H,3-12,15-16H2,1-2H3. The van der Waals surface area contributed by atoms with E-state index in [-0.39, 0.29) is 54.2 Å². The molecular formula is C32H32Cl6O8. The predicted molar refractivity (Wildman–Crippen MR) is 177 cm³/mol. The lowest BCUT2D eigenvalue weighted by Crippen LogP contribution is -2.29. The molecule has 46 heavy (non-hydrogen) atoms. The van der Waals surface area contributed by atoms with Crippen LogP contribution in [0.4, 0.5) is 0 Å². The van der Waals surface area contributed by atoms with E-state index < -0.39 is 46.5 Å². The third-order valence-electron chi connectivity index (χ3n) is 8.44. The maximum absolute atomic E-state index is 13.2. The number of halogens is 6. The summed E-state index contributed by atoms with van der Waals surface area (Å²) in [6, 6.07) is 2.27. The molecule has 0 bridgehead atoms. The smallest absolute Gasteiger partial charge is 0.423 e. The monoisotopic (exact) mass is 754 g/mol. The van der Waals surface area contributed by atoms with E-state index in [1.54, 1.807) is 0 Å². The zero-order chi connectivity index (χ0) is 33.8. The highest BCUT2D eigenvalue weighted by atomic mass is 35.5. The van der Waals surface area contributed by atoms with Crippen molar-refractivity contribution in [3.63, 3.8) is 0 Å². The molecular weight excluding hydrogens is 725 g/mol. The Labute approximate surface area is 297 Å². The van der Waals surface area contributed by atoms with Crippen molar-refractivity contribution in [3.8, 4) is 11.5 Å². The molecule has 2 aromatic carbocycles. The number of esters is 4. The van der Waals surface area contributed by atoms with Crippen LogP contribution in [0.1, 0.15) is 98.8 Å². The molecule has 2 aliphatic rings. The van der Waals surface area contributed by atoms with Crippen molar-refractivity contribution in [1.82, 2.24) is 0 Å². The van der Waals surface area contributed by atoms with E-state index >= 15 is 0 Å². The second-order valence-corrected chi connectivity index (χ2v) is 14.8. The number of carbonyl (C=O) groups is 4. The first-order valence-electron chi connectivity index (χ1n) is 14.8. The molecule has 250 valence electrons. The molecule has 2 fully saturated rings. The number of hydrogen-bond donors (Lipinski definition) is 0. The minimum atomic E-state index is -1.63. The molecule has 0 aromatic heterocycles. The van der Waals surface area contributed by atoms with Gasteiger partial charge in [-0.1, -0.05) is 122 Å². The van der Waals surface area contributed by atoms with Crippen molar-refractivity contribution in [1.29, 1.82) is 0 Å². The van der Waals surface area contributed by atoms with Gasteiger partial charge in [-0.2, -0.15) is 0 Å². The van der Waals surface area contributed by atoms with Gasteiger partial charge in [0.1, 0.15) is 11.1 Å². The molecule has 0 aliphatic heterocycles. The molecule has 0 amide bonds. The number of carbonyl (C=O) groups excluding carboxylic acids is 4. The maximum Gasteiger partial charge on any atom is 0.423 e. The quantitative estimate of drug-likeness (QED) is 0.113. The number of hydrogen-bond acceptors (Lipinski definition) is 8. The van der Waals surface area contributed by atoms with Gasteiger partial charge in [0.15, 0.2) is 11.5 Å². The van der Waals surface area contributed by atoms with Crippen molar-refractivity contribution in [2.24, 2.45) is 10.8 Å². The largest absolute Gasteiger partial charge is 0.461 e. The molecule has 0 radical (unpaired) electrons. The van der Waals surface area contributed by atoms with Gasteiger partial charge >= 0.3 is 23.9 Å². The number of benzene rings is 2. The van der Waals surface area contributed by atoms with Gasteiger partial charge in [0.25, 0.3) is 0 Å². The summed E-state index contributed by atoms with van der Waals surface area (Å²) in [4.78, 5) is 52.5. The molecule has 0 spiro atoms. The third kappa shape index (κ3) is 8.74. The summed E-state index contributed by atoms with van der Waals surface area (Å²) < 4.78 is 21.5. The van der Waals surface area contributed by atoms with Gasteiger partial charge in [-0.25, -0.2) is 19.2 Å². The van der Waals surface area contributed by atoms with Gasteiger partial charge in [-0.05, 0) is 37.8 Å². The van der Waals surface area contributed by atoms with Gasteiger partial charge in [0.2, 0.25) is 0 Å². The normalized spacial score (nSPS) is 17.1. The van der Waals surface area contributed by atoms with E-state index in [1.165, 1.54) is 0 Å². The van der Waals surface area contributed by atoms with Crippen molar-refractivity contribution < 1.29 is 38.1 Å².